The predicted octanol–water partition coefficient (Wildman–Crippen LogP) is 5.56. The van der Waals surface area contributed by atoms with Crippen LogP contribution in [-0.2, 0) is 0 Å². The van der Waals surface area contributed by atoms with E-state index in [-0.39, 0.29) is 17.5 Å². The van der Waals surface area contributed by atoms with Gasteiger partial charge in [0.25, 0.3) is 5.91 Å². The number of nitrogens with zero attached hydrogens (tertiary/aromatic N) is 1. The van der Waals surface area contributed by atoms with Crippen LogP contribution in [0.3, 0.4) is 0 Å². The first-order valence-electron chi connectivity index (χ1n) is 12.9. The Hall–Kier alpha value is -3.94. The molecule has 5 rings (SSSR count). The van der Waals surface area contributed by atoms with Gasteiger partial charge in [-0.3, -0.25) is 4.79 Å². The van der Waals surface area contributed by atoms with E-state index < -0.39 is 11.6 Å². The standard InChI is InChI=1S/C30H32F2N4O2/c1-16-11-25(36-29(27(16)32)19-7-9-22(31)10-8-19)23(17-3-4-17)15-35-30(37)21-12-20(13-24(33)18-5-6-18)28(34)26(14-21)38-2/h7-14,17-18,23H,3-6,15,33-34H2,1-2H3,(H,35,37)/b24-13-. The number of benzene rings is 2. The molecule has 2 saturated carbocycles. The fourth-order valence-corrected chi connectivity index (χ4v) is 4.77. The third kappa shape index (κ3) is 5.49. The summed E-state index contributed by atoms with van der Waals surface area (Å²) in [6.07, 6.45) is 5.95. The van der Waals surface area contributed by atoms with Crippen LogP contribution >= 0.6 is 0 Å². The highest BCUT2D eigenvalue weighted by Gasteiger charge is 2.34. The Bertz CT molecular complexity index is 1400. The molecule has 1 heterocycles. The van der Waals surface area contributed by atoms with Crippen molar-refractivity contribution >= 4 is 17.7 Å². The van der Waals surface area contributed by atoms with Crippen molar-refractivity contribution in [1.29, 1.82) is 0 Å². The summed E-state index contributed by atoms with van der Waals surface area (Å²) in [5.74, 6) is -0.0712. The highest BCUT2D eigenvalue weighted by Crippen LogP contribution is 2.43. The lowest BCUT2D eigenvalue weighted by atomic mass is 9.96. The van der Waals surface area contributed by atoms with Gasteiger partial charge in [-0.05, 0) is 98.5 Å². The van der Waals surface area contributed by atoms with E-state index in [1.165, 1.54) is 31.4 Å². The molecule has 2 aliphatic rings. The number of aromatic nitrogens is 1. The van der Waals surface area contributed by atoms with Crippen LogP contribution in [0.4, 0.5) is 14.5 Å². The second kappa shape index (κ2) is 10.4. The number of pyridine rings is 1. The number of amides is 1. The number of carbonyl (C=O) groups is 1. The zero-order valence-corrected chi connectivity index (χ0v) is 21.6. The van der Waals surface area contributed by atoms with E-state index in [2.05, 4.69) is 10.3 Å². The molecule has 1 aromatic heterocycles. The smallest absolute Gasteiger partial charge is 0.251 e. The molecule has 1 amide bonds. The summed E-state index contributed by atoms with van der Waals surface area (Å²) >= 11 is 0. The summed E-state index contributed by atoms with van der Waals surface area (Å²) < 4.78 is 33.9. The molecule has 1 atom stereocenters. The van der Waals surface area contributed by atoms with Gasteiger partial charge in [0.1, 0.15) is 17.3 Å². The van der Waals surface area contributed by atoms with Crippen molar-refractivity contribution < 1.29 is 18.3 Å². The number of hydrogen-bond acceptors (Lipinski definition) is 5. The molecule has 2 aromatic carbocycles. The maximum absolute atomic E-state index is 15.0. The second-order valence-electron chi connectivity index (χ2n) is 10.3. The number of hydrogen-bond donors (Lipinski definition) is 3. The van der Waals surface area contributed by atoms with Crippen molar-refractivity contribution in [3.05, 3.63) is 82.2 Å². The lowest BCUT2D eigenvalue weighted by molar-refractivity contribution is 0.0949. The second-order valence-corrected chi connectivity index (χ2v) is 10.3. The number of methoxy groups -OCH3 is 1. The quantitative estimate of drug-likeness (QED) is 0.322. The molecule has 3 aromatic rings. The largest absolute Gasteiger partial charge is 0.495 e. The van der Waals surface area contributed by atoms with Crippen LogP contribution < -0.4 is 21.5 Å². The van der Waals surface area contributed by atoms with Gasteiger partial charge in [-0.2, -0.15) is 0 Å². The van der Waals surface area contributed by atoms with Gasteiger partial charge in [-0.15, -0.1) is 0 Å². The maximum Gasteiger partial charge on any atom is 0.251 e. The Labute approximate surface area is 221 Å². The molecular formula is C30H32F2N4O2. The number of aryl methyl sites for hydroxylation is 1. The van der Waals surface area contributed by atoms with Gasteiger partial charge in [-0.25, -0.2) is 13.8 Å². The van der Waals surface area contributed by atoms with Gasteiger partial charge in [0, 0.05) is 40.5 Å². The van der Waals surface area contributed by atoms with Gasteiger partial charge in [0.05, 0.1) is 12.8 Å². The molecular weight excluding hydrogens is 486 g/mol. The normalized spacial score (nSPS) is 16.3. The summed E-state index contributed by atoms with van der Waals surface area (Å²) in [6, 6.07) is 10.7. The van der Waals surface area contributed by atoms with Crippen LogP contribution in [0.1, 0.15) is 58.8 Å². The summed E-state index contributed by atoms with van der Waals surface area (Å²) in [5.41, 5.74) is 16.6. The Morgan fingerprint density at radius 1 is 1.16 bits per heavy atom. The average molecular weight is 519 g/mol. The fraction of sp³-hybridized carbons (Fsp3) is 0.333. The zero-order chi connectivity index (χ0) is 27.0. The van der Waals surface area contributed by atoms with Crippen molar-refractivity contribution in [2.45, 2.75) is 38.5 Å². The number of nitrogens with one attached hydrogen (secondary N) is 1. The van der Waals surface area contributed by atoms with Gasteiger partial charge < -0.3 is 21.5 Å². The topological polar surface area (TPSA) is 103 Å². The van der Waals surface area contributed by atoms with Crippen LogP contribution in [0.2, 0.25) is 0 Å². The minimum atomic E-state index is -0.432. The third-order valence-electron chi connectivity index (χ3n) is 7.36. The number of rotatable bonds is 9. The molecule has 0 saturated heterocycles. The van der Waals surface area contributed by atoms with E-state index in [1.807, 2.05) is 6.08 Å². The number of nitrogens with two attached hydrogens (primary N) is 2. The van der Waals surface area contributed by atoms with E-state index in [9.17, 15) is 9.18 Å². The van der Waals surface area contributed by atoms with Crippen molar-refractivity contribution in [3.8, 4) is 17.0 Å². The molecule has 0 bridgehead atoms. The summed E-state index contributed by atoms with van der Waals surface area (Å²) in [4.78, 5) is 17.9. The van der Waals surface area contributed by atoms with E-state index in [0.717, 1.165) is 31.4 Å². The highest BCUT2D eigenvalue weighted by atomic mass is 19.1. The van der Waals surface area contributed by atoms with Gasteiger partial charge >= 0.3 is 0 Å². The maximum atomic E-state index is 15.0. The van der Waals surface area contributed by atoms with Crippen LogP contribution in [-0.4, -0.2) is 24.5 Å². The number of carbonyl (C=O) groups excluding carboxylic acids is 1. The molecule has 2 aliphatic carbocycles. The lowest BCUT2D eigenvalue weighted by Crippen LogP contribution is -2.30. The molecule has 0 spiro atoms. The van der Waals surface area contributed by atoms with Crippen LogP contribution in [0.5, 0.6) is 5.75 Å². The summed E-state index contributed by atoms with van der Waals surface area (Å²) in [5, 5.41) is 3.04. The molecule has 5 N–H and O–H groups in total. The molecule has 8 heteroatoms. The Morgan fingerprint density at radius 2 is 1.87 bits per heavy atom. The molecule has 198 valence electrons. The van der Waals surface area contributed by atoms with Gasteiger partial charge in [0.2, 0.25) is 0 Å². The van der Waals surface area contributed by atoms with E-state index in [0.29, 0.717) is 57.8 Å². The number of anilines is 1. The van der Waals surface area contributed by atoms with Gasteiger partial charge in [-0.1, -0.05) is 0 Å². The fourth-order valence-electron chi connectivity index (χ4n) is 4.77. The molecule has 1 unspecified atom stereocenters. The van der Waals surface area contributed by atoms with Crippen molar-refractivity contribution in [3.63, 3.8) is 0 Å². The molecule has 38 heavy (non-hydrogen) atoms. The number of halogens is 2. The molecule has 0 radical (unpaired) electrons. The highest BCUT2D eigenvalue weighted by molar-refractivity contribution is 5.96. The minimum absolute atomic E-state index is 0.0852. The predicted molar refractivity (Wildman–Crippen MR) is 144 cm³/mol. The van der Waals surface area contributed by atoms with Crippen LogP contribution in [0.25, 0.3) is 17.3 Å². The van der Waals surface area contributed by atoms with E-state index in [1.54, 1.807) is 25.1 Å². The Kier molecular flexibility index (Phi) is 7.06. The van der Waals surface area contributed by atoms with E-state index in [4.69, 9.17) is 16.2 Å². The SMILES string of the molecule is COc1cc(C(=O)NCC(c2cc(C)c(F)c(-c3ccc(F)cc3)n2)C2CC2)cc(/C=C(\N)C2CC2)c1N. The third-order valence-corrected chi connectivity index (χ3v) is 7.36. The summed E-state index contributed by atoms with van der Waals surface area (Å²) in [7, 11) is 1.51. The molecule has 6 nitrogen and oxygen atoms in total. The van der Waals surface area contributed by atoms with Gasteiger partial charge in [0.15, 0.2) is 5.82 Å². The minimum Gasteiger partial charge on any atom is -0.495 e. The number of allylic oxidation sites excluding steroid dienone is 1. The van der Waals surface area contributed by atoms with Crippen molar-refractivity contribution in [2.24, 2.45) is 17.6 Å². The summed E-state index contributed by atoms with van der Waals surface area (Å²) in [6.45, 7) is 2.03. The Morgan fingerprint density at radius 3 is 2.50 bits per heavy atom. The first kappa shape index (κ1) is 25.7. The molecule has 0 aliphatic heterocycles. The first-order chi connectivity index (χ1) is 18.2. The number of nitrogen functional groups attached to an aromatic ring is 1. The van der Waals surface area contributed by atoms with E-state index >= 15 is 4.39 Å². The average Bonchev–Trinajstić information content (AvgIpc) is 3.81. The van der Waals surface area contributed by atoms with Crippen molar-refractivity contribution in [1.82, 2.24) is 10.3 Å². The lowest BCUT2D eigenvalue weighted by Gasteiger charge is -2.19. The van der Waals surface area contributed by atoms with Crippen LogP contribution in [0, 0.1) is 30.4 Å². The number of ether oxygens (including phenoxy) is 1. The Balaban J connectivity index is 1.39. The van der Waals surface area contributed by atoms with Crippen molar-refractivity contribution in [2.75, 3.05) is 19.4 Å². The molecule has 2 fully saturated rings. The van der Waals surface area contributed by atoms with Crippen LogP contribution in [0.15, 0.2) is 48.2 Å². The monoisotopic (exact) mass is 518 g/mol. The zero-order valence-electron chi connectivity index (χ0n) is 21.6. The first-order valence-corrected chi connectivity index (χ1v) is 12.9.